The van der Waals surface area contributed by atoms with Gasteiger partial charge in [-0.2, -0.15) is 0 Å². The zero-order chi connectivity index (χ0) is 9.61. The molecule has 0 aromatic rings. The molecule has 0 heterocycles. The van der Waals surface area contributed by atoms with E-state index in [9.17, 15) is 0 Å². The maximum absolute atomic E-state index is 5.87. The minimum absolute atomic E-state index is 0.326. The molecule has 0 nitrogen and oxygen atoms in total. The molecule has 1 heteroatoms. The van der Waals surface area contributed by atoms with Gasteiger partial charge in [0, 0.05) is 0 Å². The predicted octanol–water partition coefficient (Wildman–Crippen LogP) is 3.21. The van der Waals surface area contributed by atoms with Gasteiger partial charge in [0.05, 0.1) is 7.85 Å². The standard InChI is InChI=1S/C11H15B/c1-5-7-8-9-10(6-2)11(3,4)12/h5-9H,1-2H2,3-4H3/b8-7-,10-9+. The van der Waals surface area contributed by atoms with Crippen LogP contribution in [0.5, 0.6) is 0 Å². The molecular weight excluding hydrogens is 143 g/mol. The summed E-state index contributed by atoms with van der Waals surface area (Å²) in [5, 5.41) is -0.326. The van der Waals surface area contributed by atoms with Gasteiger partial charge >= 0.3 is 0 Å². The van der Waals surface area contributed by atoms with Gasteiger partial charge in [-0.3, -0.25) is 0 Å². The summed E-state index contributed by atoms with van der Waals surface area (Å²) in [6, 6.07) is 0. The Hall–Kier alpha value is -0.975. The SMILES string of the molecule is [B]C(C)(C)/C(C=C)=C/C=C\C=C. The van der Waals surface area contributed by atoms with Crippen LogP contribution in [0.2, 0.25) is 5.31 Å². The fraction of sp³-hybridized carbons (Fsp3) is 0.273. The van der Waals surface area contributed by atoms with Gasteiger partial charge in [-0.05, 0) is 5.31 Å². The van der Waals surface area contributed by atoms with Crippen molar-refractivity contribution in [3.8, 4) is 0 Å². The van der Waals surface area contributed by atoms with Crippen molar-refractivity contribution in [3.63, 3.8) is 0 Å². The highest BCUT2D eigenvalue weighted by atomic mass is 14.1. The van der Waals surface area contributed by atoms with Gasteiger partial charge in [0.2, 0.25) is 0 Å². The number of allylic oxidation sites excluding steroid dienone is 6. The van der Waals surface area contributed by atoms with Gasteiger partial charge in [0.15, 0.2) is 0 Å². The van der Waals surface area contributed by atoms with Crippen LogP contribution in [0, 0.1) is 0 Å². The normalized spacial score (nSPS) is 13.3. The van der Waals surface area contributed by atoms with Gasteiger partial charge in [-0.15, -0.1) is 0 Å². The molecule has 0 saturated carbocycles. The summed E-state index contributed by atoms with van der Waals surface area (Å²) in [6.07, 6.45) is 9.19. The molecular formula is C11H15B. The van der Waals surface area contributed by atoms with Crippen LogP contribution >= 0.6 is 0 Å². The first-order valence-electron chi connectivity index (χ1n) is 3.93. The quantitative estimate of drug-likeness (QED) is 0.435. The maximum atomic E-state index is 5.87. The lowest BCUT2D eigenvalue weighted by Gasteiger charge is -2.19. The Labute approximate surface area is 76.8 Å². The van der Waals surface area contributed by atoms with Crippen molar-refractivity contribution in [2.45, 2.75) is 19.2 Å². The van der Waals surface area contributed by atoms with E-state index in [1.165, 1.54) is 0 Å². The van der Waals surface area contributed by atoms with Crippen molar-refractivity contribution >= 4 is 7.85 Å². The first-order valence-corrected chi connectivity index (χ1v) is 3.93. The molecule has 0 amide bonds. The fourth-order valence-corrected chi connectivity index (χ4v) is 0.784. The molecule has 0 rings (SSSR count). The van der Waals surface area contributed by atoms with Crippen molar-refractivity contribution in [2.75, 3.05) is 0 Å². The van der Waals surface area contributed by atoms with Crippen LogP contribution in [0.15, 0.2) is 49.1 Å². The van der Waals surface area contributed by atoms with Crippen LogP contribution in [0.1, 0.15) is 13.8 Å². The second-order valence-electron chi connectivity index (χ2n) is 3.17. The van der Waals surface area contributed by atoms with E-state index < -0.39 is 0 Å². The Morgan fingerprint density at radius 1 is 1.25 bits per heavy atom. The molecule has 0 aliphatic heterocycles. The zero-order valence-corrected chi connectivity index (χ0v) is 7.88. The predicted molar refractivity (Wildman–Crippen MR) is 57.4 cm³/mol. The molecule has 0 aromatic carbocycles. The van der Waals surface area contributed by atoms with Crippen LogP contribution in [-0.2, 0) is 0 Å². The first kappa shape index (κ1) is 11.0. The summed E-state index contributed by atoms with van der Waals surface area (Å²) in [5.41, 5.74) is 1.01. The topological polar surface area (TPSA) is 0 Å². The van der Waals surface area contributed by atoms with E-state index in [0.29, 0.717) is 0 Å². The third kappa shape index (κ3) is 4.02. The Morgan fingerprint density at radius 3 is 2.17 bits per heavy atom. The highest BCUT2D eigenvalue weighted by molar-refractivity contribution is 6.17. The lowest BCUT2D eigenvalue weighted by atomic mass is 9.67. The molecule has 0 bridgehead atoms. The third-order valence-electron chi connectivity index (χ3n) is 1.49. The molecule has 0 atom stereocenters. The summed E-state index contributed by atoms with van der Waals surface area (Å²) in [6.45, 7) is 11.2. The first-order chi connectivity index (χ1) is 5.52. The number of hydrogen-bond acceptors (Lipinski definition) is 0. The van der Waals surface area contributed by atoms with Crippen molar-refractivity contribution in [1.29, 1.82) is 0 Å². The second kappa shape index (κ2) is 4.81. The Kier molecular flexibility index (Phi) is 4.42. The van der Waals surface area contributed by atoms with E-state index in [2.05, 4.69) is 13.2 Å². The third-order valence-corrected chi connectivity index (χ3v) is 1.49. The molecule has 0 aliphatic carbocycles. The summed E-state index contributed by atoms with van der Waals surface area (Å²) in [7, 11) is 5.87. The highest BCUT2D eigenvalue weighted by Crippen LogP contribution is 2.30. The monoisotopic (exact) mass is 158 g/mol. The highest BCUT2D eigenvalue weighted by Gasteiger charge is 2.11. The average molecular weight is 158 g/mol. The van der Waals surface area contributed by atoms with Gasteiger partial charge in [-0.25, -0.2) is 0 Å². The average Bonchev–Trinajstić information content (AvgIpc) is 1.95. The summed E-state index contributed by atoms with van der Waals surface area (Å²) < 4.78 is 0. The van der Waals surface area contributed by atoms with E-state index in [4.69, 9.17) is 7.85 Å². The van der Waals surface area contributed by atoms with E-state index >= 15 is 0 Å². The molecule has 0 saturated heterocycles. The molecule has 62 valence electrons. The Bertz CT molecular complexity index is 214. The van der Waals surface area contributed by atoms with Crippen molar-refractivity contribution in [1.82, 2.24) is 0 Å². The van der Waals surface area contributed by atoms with Crippen LogP contribution in [0.25, 0.3) is 0 Å². The second-order valence-corrected chi connectivity index (χ2v) is 3.17. The lowest BCUT2D eigenvalue weighted by molar-refractivity contribution is 0.821. The van der Waals surface area contributed by atoms with E-state index in [0.717, 1.165) is 5.57 Å². The molecule has 2 radical (unpaired) electrons. The molecule has 0 spiro atoms. The van der Waals surface area contributed by atoms with E-state index in [-0.39, 0.29) is 5.31 Å². The van der Waals surface area contributed by atoms with Crippen LogP contribution < -0.4 is 0 Å². The number of hydrogen-bond donors (Lipinski definition) is 0. The smallest absolute Gasteiger partial charge is 0.0802 e. The number of rotatable bonds is 4. The fourth-order valence-electron chi connectivity index (χ4n) is 0.784. The molecule has 0 N–H and O–H groups in total. The minimum atomic E-state index is -0.326. The summed E-state index contributed by atoms with van der Waals surface area (Å²) in [4.78, 5) is 0. The van der Waals surface area contributed by atoms with Gasteiger partial charge in [0.25, 0.3) is 0 Å². The van der Waals surface area contributed by atoms with E-state index in [1.807, 2.05) is 32.1 Å². The van der Waals surface area contributed by atoms with Crippen LogP contribution in [0.3, 0.4) is 0 Å². The molecule has 0 unspecified atom stereocenters. The summed E-state index contributed by atoms with van der Waals surface area (Å²) in [5.74, 6) is 0. The maximum Gasteiger partial charge on any atom is 0.0802 e. The van der Waals surface area contributed by atoms with E-state index in [1.54, 1.807) is 12.2 Å². The van der Waals surface area contributed by atoms with Crippen LogP contribution in [-0.4, -0.2) is 7.85 Å². The Morgan fingerprint density at radius 2 is 1.83 bits per heavy atom. The minimum Gasteiger partial charge on any atom is -0.0991 e. The molecule has 0 fully saturated rings. The van der Waals surface area contributed by atoms with Gasteiger partial charge < -0.3 is 0 Å². The Balaban J connectivity index is 4.55. The summed E-state index contributed by atoms with van der Waals surface area (Å²) >= 11 is 0. The van der Waals surface area contributed by atoms with Crippen molar-refractivity contribution in [3.05, 3.63) is 49.1 Å². The van der Waals surface area contributed by atoms with Gasteiger partial charge in [-0.1, -0.05) is 63.0 Å². The molecule has 0 aromatic heterocycles. The molecule has 12 heavy (non-hydrogen) atoms. The lowest BCUT2D eigenvalue weighted by Crippen LogP contribution is -2.03. The molecule has 0 aliphatic rings. The van der Waals surface area contributed by atoms with Crippen molar-refractivity contribution < 1.29 is 0 Å². The van der Waals surface area contributed by atoms with Gasteiger partial charge in [0.1, 0.15) is 0 Å². The largest absolute Gasteiger partial charge is 0.0991 e. The zero-order valence-electron chi connectivity index (χ0n) is 7.88. The van der Waals surface area contributed by atoms with Crippen molar-refractivity contribution in [2.24, 2.45) is 0 Å². The van der Waals surface area contributed by atoms with Crippen LogP contribution in [0.4, 0.5) is 0 Å².